The van der Waals surface area contributed by atoms with E-state index < -0.39 is 0 Å². The molecule has 1 nitrogen and oxygen atoms in total. The van der Waals surface area contributed by atoms with Crippen LogP contribution in [0.1, 0.15) is 17.1 Å². The van der Waals surface area contributed by atoms with Gasteiger partial charge in [0.2, 0.25) is 0 Å². The van der Waals surface area contributed by atoms with Crippen molar-refractivity contribution in [1.82, 2.24) is 4.98 Å². The highest BCUT2D eigenvalue weighted by molar-refractivity contribution is 7.80. The Morgan fingerprint density at radius 3 is 3.00 bits per heavy atom. The first-order valence-electron chi connectivity index (χ1n) is 3.35. The fourth-order valence-corrected chi connectivity index (χ4v) is 1.72. The zero-order valence-corrected chi connectivity index (χ0v) is 7.71. The standard InChI is InChI=1S/C7H11NS2/c1-6-5-10-7(8-6)3-2-4-9/h5,9H,2-4H2,1H3. The van der Waals surface area contributed by atoms with Gasteiger partial charge in [0.25, 0.3) is 0 Å². The Bertz CT molecular complexity index is 195. The van der Waals surface area contributed by atoms with Gasteiger partial charge in [0.05, 0.1) is 5.01 Å². The van der Waals surface area contributed by atoms with E-state index in [1.165, 1.54) is 5.01 Å². The molecule has 0 saturated carbocycles. The predicted molar refractivity (Wildman–Crippen MR) is 49.0 cm³/mol. The van der Waals surface area contributed by atoms with Gasteiger partial charge in [0.1, 0.15) is 0 Å². The van der Waals surface area contributed by atoms with Crippen LogP contribution in [0, 0.1) is 6.92 Å². The van der Waals surface area contributed by atoms with Gasteiger partial charge < -0.3 is 0 Å². The van der Waals surface area contributed by atoms with Crippen molar-refractivity contribution < 1.29 is 0 Å². The summed E-state index contributed by atoms with van der Waals surface area (Å²) in [6, 6.07) is 0. The Balaban J connectivity index is 2.42. The van der Waals surface area contributed by atoms with Gasteiger partial charge in [0, 0.05) is 17.5 Å². The van der Waals surface area contributed by atoms with Crippen LogP contribution in [0.3, 0.4) is 0 Å². The number of aryl methyl sites for hydroxylation is 2. The van der Waals surface area contributed by atoms with Gasteiger partial charge in [0.15, 0.2) is 0 Å². The zero-order chi connectivity index (χ0) is 7.40. The maximum atomic E-state index is 4.33. The molecular weight excluding hydrogens is 162 g/mol. The van der Waals surface area contributed by atoms with E-state index >= 15 is 0 Å². The van der Waals surface area contributed by atoms with Gasteiger partial charge in [-0.15, -0.1) is 11.3 Å². The number of thiazole rings is 1. The summed E-state index contributed by atoms with van der Waals surface area (Å²) in [5, 5.41) is 3.33. The first kappa shape index (κ1) is 8.08. The van der Waals surface area contributed by atoms with Gasteiger partial charge in [-0.1, -0.05) is 0 Å². The van der Waals surface area contributed by atoms with E-state index in [1.54, 1.807) is 11.3 Å². The third-order valence-corrected chi connectivity index (χ3v) is 2.56. The summed E-state index contributed by atoms with van der Waals surface area (Å²) in [7, 11) is 0. The Labute approximate surface area is 70.9 Å². The fraction of sp³-hybridized carbons (Fsp3) is 0.571. The lowest BCUT2D eigenvalue weighted by Crippen LogP contribution is -1.84. The molecule has 0 unspecified atom stereocenters. The summed E-state index contributed by atoms with van der Waals surface area (Å²) >= 11 is 5.88. The maximum absolute atomic E-state index is 4.33. The van der Waals surface area contributed by atoms with Gasteiger partial charge in [-0.25, -0.2) is 4.98 Å². The summed E-state index contributed by atoms with van der Waals surface area (Å²) in [6.07, 6.45) is 2.22. The molecule has 0 bridgehead atoms. The van der Waals surface area contributed by atoms with Crippen LogP contribution >= 0.6 is 24.0 Å². The van der Waals surface area contributed by atoms with Crippen molar-refractivity contribution >= 4 is 24.0 Å². The second-order valence-corrected chi connectivity index (χ2v) is 3.60. The molecule has 1 rings (SSSR count). The highest BCUT2D eigenvalue weighted by Gasteiger charge is 1.95. The van der Waals surface area contributed by atoms with Crippen molar-refractivity contribution in [2.75, 3.05) is 5.75 Å². The molecule has 1 heterocycles. The second-order valence-electron chi connectivity index (χ2n) is 2.21. The number of nitrogens with zero attached hydrogens (tertiary/aromatic N) is 1. The van der Waals surface area contributed by atoms with Crippen LogP contribution in [0.25, 0.3) is 0 Å². The quantitative estimate of drug-likeness (QED) is 0.692. The highest BCUT2D eigenvalue weighted by Crippen LogP contribution is 2.10. The minimum atomic E-state index is 0.957. The predicted octanol–water partition coefficient (Wildman–Crippen LogP) is 2.31. The third kappa shape index (κ3) is 2.31. The number of hydrogen-bond donors (Lipinski definition) is 1. The molecule has 3 heteroatoms. The molecule has 10 heavy (non-hydrogen) atoms. The van der Waals surface area contributed by atoms with Crippen LogP contribution in [0.2, 0.25) is 0 Å². The van der Waals surface area contributed by atoms with Gasteiger partial charge in [-0.05, 0) is 19.1 Å². The van der Waals surface area contributed by atoms with Crippen LogP contribution in [0.15, 0.2) is 5.38 Å². The second kappa shape index (κ2) is 3.98. The molecule has 0 atom stereocenters. The first-order valence-corrected chi connectivity index (χ1v) is 4.86. The fourth-order valence-electron chi connectivity index (χ4n) is 0.748. The molecule has 0 saturated heterocycles. The Morgan fingerprint density at radius 2 is 2.50 bits per heavy atom. The van der Waals surface area contributed by atoms with Crippen molar-refractivity contribution in [3.8, 4) is 0 Å². The molecule has 0 aromatic carbocycles. The molecule has 0 fully saturated rings. The normalized spacial score (nSPS) is 10.2. The first-order chi connectivity index (χ1) is 4.83. The molecule has 0 aliphatic heterocycles. The third-order valence-electron chi connectivity index (χ3n) is 1.22. The molecule has 56 valence electrons. The summed E-state index contributed by atoms with van der Waals surface area (Å²) in [6.45, 7) is 2.03. The van der Waals surface area contributed by atoms with E-state index in [2.05, 4.69) is 23.0 Å². The minimum absolute atomic E-state index is 0.957. The molecule has 0 N–H and O–H groups in total. The van der Waals surface area contributed by atoms with Gasteiger partial charge >= 0.3 is 0 Å². The topological polar surface area (TPSA) is 12.9 Å². The summed E-state index contributed by atoms with van der Waals surface area (Å²) in [4.78, 5) is 4.33. The van der Waals surface area contributed by atoms with E-state index in [9.17, 15) is 0 Å². The van der Waals surface area contributed by atoms with Gasteiger partial charge in [-0.2, -0.15) is 12.6 Å². The van der Waals surface area contributed by atoms with E-state index in [1.807, 2.05) is 6.92 Å². The Kier molecular flexibility index (Phi) is 3.22. The molecule has 1 aromatic heterocycles. The summed E-state index contributed by atoms with van der Waals surface area (Å²) < 4.78 is 0. The molecular formula is C7H11NS2. The van der Waals surface area contributed by atoms with Crippen molar-refractivity contribution in [3.05, 3.63) is 16.1 Å². The largest absolute Gasteiger partial charge is 0.247 e. The van der Waals surface area contributed by atoms with Crippen LogP contribution in [0.4, 0.5) is 0 Å². The number of rotatable bonds is 3. The number of hydrogen-bond acceptors (Lipinski definition) is 3. The van der Waals surface area contributed by atoms with E-state index in [4.69, 9.17) is 0 Å². The van der Waals surface area contributed by atoms with Crippen molar-refractivity contribution in [2.45, 2.75) is 19.8 Å². The Morgan fingerprint density at radius 1 is 1.70 bits per heavy atom. The number of aromatic nitrogens is 1. The SMILES string of the molecule is Cc1csc(CCCS)n1. The van der Waals surface area contributed by atoms with Crippen LogP contribution in [-0.4, -0.2) is 10.7 Å². The molecule has 1 aromatic rings. The average molecular weight is 173 g/mol. The van der Waals surface area contributed by atoms with Gasteiger partial charge in [-0.3, -0.25) is 0 Å². The summed E-state index contributed by atoms with van der Waals surface area (Å²) in [5.41, 5.74) is 1.14. The lowest BCUT2D eigenvalue weighted by atomic mass is 10.3. The monoisotopic (exact) mass is 173 g/mol. The molecule has 0 aliphatic carbocycles. The number of thiol groups is 1. The smallest absolute Gasteiger partial charge is 0.0928 e. The average Bonchev–Trinajstić information content (AvgIpc) is 2.31. The van der Waals surface area contributed by atoms with E-state index in [0.717, 1.165) is 24.3 Å². The lowest BCUT2D eigenvalue weighted by molar-refractivity contribution is 0.916. The molecule has 0 spiro atoms. The molecule has 0 aliphatic rings. The molecule has 0 amide bonds. The van der Waals surface area contributed by atoms with Crippen LogP contribution < -0.4 is 0 Å². The van der Waals surface area contributed by atoms with Crippen molar-refractivity contribution in [2.24, 2.45) is 0 Å². The highest BCUT2D eigenvalue weighted by atomic mass is 32.1. The molecule has 0 radical (unpaired) electrons. The van der Waals surface area contributed by atoms with Crippen molar-refractivity contribution in [1.29, 1.82) is 0 Å². The van der Waals surface area contributed by atoms with Crippen LogP contribution in [0.5, 0.6) is 0 Å². The van der Waals surface area contributed by atoms with E-state index in [0.29, 0.717) is 0 Å². The summed E-state index contributed by atoms with van der Waals surface area (Å²) in [5.74, 6) is 0.957. The zero-order valence-electron chi connectivity index (χ0n) is 6.00. The Hall–Kier alpha value is -0.0200. The maximum Gasteiger partial charge on any atom is 0.0928 e. The van der Waals surface area contributed by atoms with E-state index in [-0.39, 0.29) is 0 Å². The van der Waals surface area contributed by atoms with Crippen LogP contribution in [-0.2, 0) is 6.42 Å². The minimum Gasteiger partial charge on any atom is -0.247 e. The van der Waals surface area contributed by atoms with Crippen molar-refractivity contribution in [3.63, 3.8) is 0 Å². The lowest BCUT2D eigenvalue weighted by Gasteiger charge is -1.89.